The number of thioether (sulfide) groups is 1. The van der Waals surface area contributed by atoms with Gasteiger partial charge in [-0.3, -0.25) is 19.5 Å². The van der Waals surface area contributed by atoms with Gasteiger partial charge in [-0.15, -0.1) is 11.3 Å². The van der Waals surface area contributed by atoms with Gasteiger partial charge >= 0.3 is 6.03 Å². The van der Waals surface area contributed by atoms with Crippen LogP contribution in [-0.2, 0) is 24.2 Å². The molecule has 0 radical (unpaired) electrons. The highest BCUT2D eigenvalue weighted by molar-refractivity contribution is 8.00. The van der Waals surface area contributed by atoms with E-state index in [1.54, 1.807) is 15.9 Å². The topological polar surface area (TPSA) is 107 Å². The lowest BCUT2D eigenvalue weighted by Crippen LogP contribution is -2.42. The predicted octanol–water partition coefficient (Wildman–Crippen LogP) is 3.70. The number of carbonyl (C=O) groups is 2. The van der Waals surface area contributed by atoms with Crippen LogP contribution in [0.2, 0.25) is 0 Å². The highest BCUT2D eigenvalue weighted by Crippen LogP contribution is 2.36. The normalized spacial score (nSPS) is 14.3. The highest BCUT2D eigenvalue weighted by Gasteiger charge is 2.29. The van der Waals surface area contributed by atoms with Gasteiger partial charge in [-0.25, -0.2) is 9.78 Å². The minimum Gasteiger partial charge on any atom is -0.351 e. The van der Waals surface area contributed by atoms with Gasteiger partial charge in [0.05, 0.1) is 17.2 Å². The molecule has 2 heterocycles. The summed E-state index contributed by atoms with van der Waals surface area (Å²) in [6.07, 6.45) is 4.09. The molecule has 1 atom stereocenters. The van der Waals surface area contributed by atoms with Gasteiger partial charge in [0.25, 0.3) is 5.56 Å². The first-order chi connectivity index (χ1) is 15.3. The van der Waals surface area contributed by atoms with Crippen LogP contribution in [0.25, 0.3) is 10.2 Å². The Bertz CT molecular complexity index is 1220. The Morgan fingerprint density at radius 3 is 2.62 bits per heavy atom. The van der Waals surface area contributed by atoms with Crippen molar-refractivity contribution in [2.45, 2.75) is 56.5 Å². The van der Waals surface area contributed by atoms with Gasteiger partial charge in [0, 0.05) is 4.88 Å². The van der Waals surface area contributed by atoms with Crippen molar-refractivity contribution < 1.29 is 9.59 Å². The molecule has 1 unspecified atom stereocenters. The Hall–Kier alpha value is -2.65. The lowest BCUT2D eigenvalue weighted by Gasteiger charge is -2.20. The van der Waals surface area contributed by atoms with E-state index >= 15 is 0 Å². The van der Waals surface area contributed by atoms with Crippen molar-refractivity contribution in [1.82, 2.24) is 14.9 Å². The third-order valence-electron chi connectivity index (χ3n) is 5.57. The number of urea groups is 1. The summed E-state index contributed by atoms with van der Waals surface area (Å²) >= 11 is 2.79. The van der Waals surface area contributed by atoms with Crippen LogP contribution in [-0.4, -0.2) is 26.7 Å². The van der Waals surface area contributed by atoms with Crippen LogP contribution >= 0.6 is 23.1 Å². The zero-order valence-corrected chi connectivity index (χ0v) is 19.7. The Balaban J connectivity index is 1.84. The number of nitrogens with zero attached hydrogens (tertiary/aromatic N) is 2. The monoisotopic (exact) mass is 470 g/mol. The van der Waals surface area contributed by atoms with Gasteiger partial charge in [0.2, 0.25) is 5.91 Å². The third-order valence-corrected chi connectivity index (χ3v) is 8.29. The van der Waals surface area contributed by atoms with Gasteiger partial charge in [-0.2, -0.15) is 0 Å². The second-order valence-electron chi connectivity index (χ2n) is 8.30. The number of nitrogens with two attached hydrogens (primary N) is 1. The molecule has 9 heteroatoms. The Kier molecular flexibility index (Phi) is 6.66. The number of thiophene rings is 1. The maximum Gasteiger partial charge on any atom is 0.318 e. The van der Waals surface area contributed by atoms with Crippen LogP contribution in [0, 0.1) is 5.92 Å². The molecule has 2 aromatic heterocycles. The number of benzene rings is 1. The summed E-state index contributed by atoms with van der Waals surface area (Å²) in [6.45, 7) is 4.14. The minimum absolute atomic E-state index is 0.0708. The zero-order chi connectivity index (χ0) is 22.8. The molecule has 1 aliphatic carbocycles. The summed E-state index contributed by atoms with van der Waals surface area (Å²) in [7, 11) is 0. The molecule has 3 aromatic rings. The maximum absolute atomic E-state index is 13.7. The molecule has 1 aliphatic rings. The van der Waals surface area contributed by atoms with E-state index in [0.717, 1.165) is 41.6 Å². The van der Waals surface area contributed by atoms with Gasteiger partial charge < -0.3 is 5.73 Å². The number of carbonyl (C=O) groups excluding carboxylic acids is 2. The van der Waals surface area contributed by atoms with Crippen molar-refractivity contribution in [3.8, 4) is 0 Å². The van der Waals surface area contributed by atoms with E-state index in [1.807, 2.05) is 44.2 Å². The van der Waals surface area contributed by atoms with E-state index < -0.39 is 17.2 Å². The summed E-state index contributed by atoms with van der Waals surface area (Å²) in [6, 6.07) is 8.84. The number of hydrogen-bond acceptors (Lipinski definition) is 6. The lowest BCUT2D eigenvalue weighted by molar-refractivity contribution is -0.120. The SMILES string of the molecule is CC(C)C(Sc1nc2sc3c(c2c(=O)n1Cc1ccccc1)CCCC3)C(=O)NC(N)=O. The van der Waals surface area contributed by atoms with Crippen molar-refractivity contribution in [2.24, 2.45) is 11.7 Å². The molecule has 0 saturated carbocycles. The maximum atomic E-state index is 13.7. The molecule has 32 heavy (non-hydrogen) atoms. The molecule has 0 spiro atoms. The fourth-order valence-corrected chi connectivity index (χ4v) is 6.41. The van der Waals surface area contributed by atoms with Crippen molar-refractivity contribution >= 4 is 45.3 Å². The number of aryl methyl sites for hydroxylation is 2. The first kappa shape index (κ1) is 22.5. The Labute approximate surface area is 194 Å². The number of aromatic nitrogens is 2. The van der Waals surface area contributed by atoms with Crippen molar-refractivity contribution in [3.63, 3.8) is 0 Å². The molecule has 168 valence electrons. The summed E-state index contributed by atoms with van der Waals surface area (Å²) in [5.74, 6) is -0.586. The van der Waals surface area contributed by atoms with Gasteiger partial charge in [-0.1, -0.05) is 55.9 Å². The van der Waals surface area contributed by atoms with Crippen LogP contribution in [0.5, 0.6) is 0 Å². The standard InChI is InChI=1S/C23H26N4O3S2/c1-13(2)18(19(28)25-22(24)30)32-23-26-20-17(15-10-6-7-11-16(15)31-20)21(29)27(23)12-14-8-4-3-5-9-14/h3-5,8-9,13,18H,6-7,10-12H2,1-2H3,(H3,24,25,28,30). The van der Waals surface area contributed by atoms with Crippen LogP contribution in [0.1, 0.15) is 42.7 Å². The fourth-order valence-electron chi connectivity index (χ4n) is 4.01. The number of fused-ring (bicyclic) bond motifs is 3. The Morgan fingerprint density at radius 2 is 1.94 bits per heavy atom. The van der Waals surface area contributed by atoms with Crippen molar-refractivity contribution in [1.29, 1.82) is 0 Å². The largest absolute Gasteiger partial charge is 0.351 e. The number of hydrogen-bond donors (Lipinski definition) is 2. The zero-order valence-electron chi connectivity index (χ0n) is 18.1. The summed E-state index contributed by atoms with van der Waals surface area (Å²) in [4.78, 5) is 44.5. The molecular weight excluding hydrogens is 444 g/mol. The molecule has 0 bridgehead atoms. The van der Waals surface area contributed by atoms with Gasteiger partial charge in [0.15, 0.2) is 5.16 Å². The first-order valence-electron chi connectivity index (χ1n) is 10.7. The average Bonchev–Trinajstić information content (AvgIpc) is 3.12. The minimum atomic E-state index is -0.891. The summed E-state index contributed by atoms with van der Waals surface area (Å²) < 4.78 is 1.66. The van der Waals surface area contributed by atoms with E-state index in [0.29, 0.717) is 17.1 Å². The molecule has 0 aliphatic heterocycles. The average molecular weight is 471 g/mol. The third kappa shape index (κ3) is 4.59. The highest BCUT2D eigenvalue weighted by atomic mass is 32.2. The molecule has 1 aromatic carbocycles. The number of imide groups is 1. The second kappa shape index (κ2) is 9.46. The summed E-state index contributed by atoms with van der Waals surface area (Å²) in [5.41, 5.74) is 7.21. The molecule has 0 fully saturated rings. The van der Waals surface area contributed by atoms with E-state index in [9.17, 15) is 14.4 Å². The van der Waals surface area contributed by atoms with E-state index in [2.05, 4.69) is 5.32 Å². The van der Waals surface area contributed by atoms with Crippen molar-refractivity contribution in [2.75, 3.05) is 0 Å². The predicted molar refractivity (Wildman–Crippen MR) is 128 cm³/mol. The van der Waals surface area contributed by atoms with Crippen molar-refractivity contribution in [3.05, 3.63) is 56.7 Å². The molecule has 4 rings (SSSR count). The quantitative estimate of drug-likeness (QED) is 0.422. The van der Waals surface area contributed by atoms with E-state index in [4.69, 9.17) is 10.7 Å². The number of primary amides is 1. The number of nitrogens with one attached hydrogen (secondary N) is 1. The van der Waals surface area contributed by atoms with Crippen LogP contribution in [0.3, 0.4) is 0 Å². The van der Waals surface area contributed by atoms with Gasteiger partial charge in [0.1, 0.15) is 4.83 Å². The molecule has 3 N–H and O–H groups in total. The molecule has 3 amide bonds. The first-order valence-corrected chi connectivity index (χ1v) is 12.4. The van der Waals surface area contributed by atoms with Crippen LogP contribution < -0.4 is 16.6 Å². The number of amides is 3. The van der Waals surface area contributed by atoms with Crippen LogP contribution in [0.15, 0.2) is 40.3 Å². The lowest BCUT2D eigenvalue weighted by atomic mass is 9.97. The van der Waals surface area contributed by atoms with E-state index in [-0.39, 0.29) is 11.5 Å². The molecule has 7 nitrogen and oxygen atoms in total. The van der Waals surface area contributed by atoms with E-state index in [1.165, 1.54) is 16.6 Å². The fraction of sp³-hybridized carbons (Fsp3) is 0.391. The molecular formula is C23H26N4O3S2. The summed E-state index contributed by atoms with van der Waals surface area (Å²) in [5, 5.41) is 2.74. The molecule has 0 saturated heterocycles. The smallest absolute Gasteiger partial charge is 0.318 e. The Morgan fingerprint density at radius 1 is 1.22 bits per heavy atom. The second-order valence-corrected chi connectivity index (χ2v) is 10.5. The van der Waals surface area contributed by atoms with Gasteiger partial charge in [-0.05, 0) is 42.7 Å². The van der Waals surface area contributed by atoms with Crippen LogP contribution in [0.4, 0.5) is 4.79 Å². The number of rotatable bonds is 6.